The summed E-state index contributed by atoms with van der Waals surface area (Å²) in [5.41, 5.74) is 1.81. The number of carbonyl (C=O) groups is 1. The first-order chi connectivity index (χ1) is 12.7. The fourth-order valence-corrected chi connectivity index (χ4v) is 3.39. The molecule has 0 atom stereocenters. The molecule has 0 saturated carbocycles. The number of methoxy groups -OCH3 is 2. The summed E-state index contributed by atoms with van der Waals surface area (Å²) >= 11 is 0. The molecule has 0 aliphatic carbocycles. The topological polar surface area (TPSA) is 42.0 Å². The number of hydrogen-bond donors (Lipinski definition) is 0. The molecule has 138 valence electrons. The van der Waals surface area contributed by atoms with Gasteiger partial charge in [0.05, 0.1) is 14.2 Å². The summed E-state index contributed by atoms with van der Waals surface area (Å²) < 4.78 is 10.8. The highest BCUT2D eigenvalue weighted by Gasteiger charge is 2.25. The van der Waals surface area contributed by atoms with Gasteiger partial charge in [0.15, 0.2) is 0 Å². The largest absolute Gasteiger partial charge is 0.496 e. The van der Waals surface area contributed by atoms with Crippen molar-refractivity contribution in [3.63, 3.8) is 0 Å². The van der Waals surface area contributed by atoms with Crippen molar-refractivity contribution in [2.45, 2.75) is 13.0 Å². The standard InChI is InChI=1S/C21H26N2O3/c1-25-18-10-6-11-19(26-2)20(18)21(24)23-13-7-12-22(14-15-23)16-17-8-4-3-5-9-17/h3-6,8-11H,7,12-16H2,1-2H3. The second-order valence-corrected chi connectivity index (χ2v) is 6.45. The van der Waals surface area contributed by atoms with Crippen LogP contribution in [0, 0.1) is 0 Å². The van der Waals surface area contributed by atoms with Gasteiger partial charge >= 0.3 is 0 Å². The van der Waals surface area contributed by atoms with E-state index in [2.05, 4.69) is 29.2 Å². The van der Waals surface area contributed by atoms with Crippen molar-refractivity contribution in [2.75, 3.05) is 40.4 Å². The highest BCUT2D eigenvalue weighted by atomic mass is 16.5. The minimum atomic E-state index is -0.0270. The molecule has 1 aliphatic heterocycles. The van der Waals surface area contributed by atoms with E-state index in [1.165, 1.54) is 5.56 Å². The van der Waals surface area contributed by atoms with Gasteiger partial charge < -0.3 is 14.4 Å². The van der Waals surface area contributed by atoms with Gasteiger partial charge in [-0.25, -0.2) is 0 Å². The molecule has 1 amide bonds. The fourth-order valence-electron chi connectivity index (χ4n) is 3.39. The van der Waals surface area contributed by atoms with E-state index >= 15 is 0 Å². The van der Waals surface area contributed by atoms with Crippen molar-refractivity contribution in [1.29, 1.82) is 0 Å². The predicted molar refractivity (Wildman–Crippen MR) is 102 cm³/mol. The molecule has 1 saturated heterocycles. The Balaban J connectivity index is 1.70. The van der Waals surface area contributed by atoms with Crippen LogP contribution >= 0.6 is 0 Å². The average molecular weight is 354 g/mol. The quantitative estimate of drug-likeness (QED) is 0.828. The van der Waals surface area contributed by atoms with Crippen molar-refractivity contribution in [2.24, 2.45) is 0 Å². The monoisotopic (exact) mass is 354 g/mol. The van der Waals surface area contributed by atoms with Crippen LogP contribution in [0.2, 0.25) is 0 Å². The van der Waals surface area contributed by atoms with E-state index < -0.39 is 0 Å². The number of hydrogen-bond acceptors (Lipinski definition) is 4. The van der Waals surface area contributed by atoms with Gasteiger partial charge in [-0.1, -0.05) is 36.4 Å². The zero-order chi connectivity index (χ0) is 18.4. The maximum absolute atomic E-state index is 13.1. The summed E-state index contributed by atoms with van der Waals surface area (Å²) in [6, 6.07) is 15.9. The van der Waals surface area contributed by atoms with Gasteiger partial charge in [-0.15, -0.1) is 0 Å². The molecule has 0 spiro atoms. The third-order valence-electron chi connectivity index (χ3n) is 4.77. The SMILES string of the molecule is COc1cccc(OC)c1C(=O)N1CCCN(Cc2ccccc2)CC1. The van der Waals surface area contributed by atoms with Crippen LogP contribution < -0.4 is 9.47 Å². The molecule has 1 heterocycles. The second kappa shape index (κ2) is 8.72. The third kappa shape index (κ3) is 4.17. The second-order valence-electron chi connectivity index (χ2n) is 6.45. The van der Waals surface area contributed by atoms with Crippen LogP contribution in [0.5, 0.6) is 11.5 Å². The van der Waals surface area contributed by atoms with Gasteiger partial charge in [0.25, 0.3) is 5.91 Å². The lowest BCUT2D eigenvalue weighted by atomic mass is 10.1. The first kappa shape index (κ1) is 18.3. The molecule has 1 aliphatic rings. The Labute approximate surface area is 155 Å². The van der Waals surface area contributed by atoms with Crippen molar-refractivity contribution < 1.29 is 14.3 Å². The molecule has 5 nitrogen and oxygen atoms in total. The normalized spacial score (nSPS) is 15.4. The van der Waals surface area contributed by atoms with E-state index in [0.29, 0.717) is 23.6 Å². The Kier molecular flexibility index (Phi) is 6.12. The van der Waals surface area contributed by atoms with E-state index in [4.69, 9.17) is 9.47 Å². The molecule has 2 aromatic carbocycles. The molecule has 0 bridgehead atoms. The van der Waals surface area contributed by atoms with Crippen LogP contribution in [0.4, 0.5) is 0 Å². The molecule has 5 heteroatoms. The van der Waals surface area contributed by atoms with Crippen molar-refractivity contribution in [1.82, 2.24) is 9.80 Å². The zero-order valence-electron chi connectivity index (χ0n) is 15.5. The van der Waals surface area contributed by atoms with E-state index in [1.54, 1.807) is 26.4 Å². The highest BCUT2D eigenvalue weighted by molar-refractivity contribution is 5.99. The number of amides is 1. The summed E-state index contributed by atoms with van der Waals surface area (Å²) in [5, 5.41) is 0. The number of nitrogens with zero attached hydrogens (tertiary/aromatic N) is 2. The Morgan fingerprint density at radius 2 is 1.58 bits per heavy atom. The third-order valence-corrected chi connectivity index (χ3v) is 4.77. The summed E-state index contributed by atoms with van der Waals surface area (Å²) in [7, 11) is 3.16. The van der Waals surface area contributed by atoms with Gasteiger partial charge in [0, 0.05) is 32.7 Å². The summed E-state index contributed by atoms with van der Waals surface area (Å²) in [6.07, 6.45) is 0.954. The lowest BCUT2D eigenvalue weighted by Crippen LogP contribution is -2.35. The van der Waals surface area contributed by atoms with Gasteiger partial charge in [0.1, 0.15) is 17.1 Å². The zero-order valence-corrected chi connectivity index (χ0v) is 15.5. The van der Waals surface area contributed by atoms with Gasteiger partial charge in [0.2, 0.25) is 0 Å². The van der Waals surface area contributed by atoms with Crippen LogP contribution in [0.1, 0.15) is 22.3 Å². The van der Waals surface area contributed by atoms with Crippen molar-refractivity contribution in [3.05, 3.63) is 59.7 Å². The van der Waals surface area contributed by atoms with Crippen LogP contribution in [0.15, 0.2) is 48.5 Å². The molecular weight excluding hydrogens is 328 g/mol. The maximum atomic E-state index is 13.1. The predicted octanol–water partition coefficient (Wildman–Crippen LogP) is 3.05. The Bertz CT molecular complexity index is 711. The van der Waals surface area contributed by atoms with E-state index in [0.717, 1.165) is 32.6 Å². The van der Waals surface area contributed by atoms with Gasteiger partial charge in [-0.3, -0.25) is 9.69 Å². The van der Waals surface area contributed by atoms with Crippen LogP contribution in [-0.4, -0.2) is 56.1 Å². The lowest BCUT2D eigenvalue weighted by molar-refractivity contribution is 0.0754. The molecule has 3 rings (SSSR count). The van der Waals surface area contributed by atoms with E-state index in [-0.39, 0.29) is 5.91 Å². The minimum absolute atomic E-state index is 0.0270. The Morgan fingerprint density at radius 3 is 2.23 bits per heavy atom. The number of ether oxygens (including phenoxy) is 2. The molecule has 0 aromatic heterocycles. The molecule has 0 radical (unpaired) electrons. The maximum Gasteiger partial charge on any atom is 0.261 e. The van der Waals surface area contributed by atoms with E-state index in [9.17, 15) is 4.79 Å². The summed E-state index contributed by atoms with van der Waals surface area (Å²) in [6.45, 7) is 4.21. The highest BCUT2D eigenvalue weighted by Crippen LogP contribution is 2.29. The van der Waals surface area contributed by atoms with Crippen LogP contribution in [0.3, 0.4) is 0 Å². The minimum Gasteiger partial charge on any atom is -0.496 e. The van der Waals surface area contributed by atoms with Crippen LogP contribution in [-0.2, 0) is 6.54 Å². The summed E-state index contributed by atoms with van der Waals surface area (Å²) in [5.74, 6) is 1.08. The fraction of sp³-hybridized carbons (Fsp3) is 0.381. The number of benzene rings is 2. The molecule has 1 fully saturated rings. The number of rotatable bonds is 5. The summed E-state index contributed by atoms with van der Waals surface area (Å²) in [4.78, 5) is 17.4. The lowest BCUT2D eigenvalue weighted by Gasteiger charge is -2.23. The van der Waals surface area contributed by atoms with Gasteiger partial charge in [-0.05, 0) is 24.1 Å². The molecular formula is C21H26N2O3. The van der Waals surface area contributed by atoms with E-state index in [1.807, 2.05) is 17.0 Å². The first-order valence-electron chi connectivity index (χ1n) is 8.99. The van der Waals surface area contributed by atoms with Crippen LogP contribution in [0.25, 0.3) is 0 Å². The van der Waals surface area contributed by atoms with Gasteiger partial charge in [-0.2, -0.15) is 0 Å². The molecule has 0 N–H and O–H groups in total. The molecule has 26 heavy (non-hydrogen) atoms. The molecule has 2 aromatic rings. The first-order valence-corrected chi connectivity index (χ1v) is 8.99. The average Bonchev–Trinajstić information content (AvgIpc) is 2.93. The van der Waals surface area contributed by atoms with Crippen molar-refractivity contribution in [3.8, 4) is 11.5 Å². The smallest absolute Gasteiger partial charge is 0.261 e. The number of carbonyl (C=O) groups excluding carboxylic acids is 1. The molecule has 0 unspecified atom stereocenters. The van der Waals surface area contributed by atoms with Crippen molar-refractivity contribution >= 4 is 5.91 Å². The Hall–Kier alpha value is -2.53. The Morgan fingerprint density at radius 1 is 0.885 bits per heavy atom.